The summed E-state index contributed by atoms with van der Waals surface area (Å²) in [5.41, 5.74) is 0.546. The van der Waals surface area contributed by atoms with E-state index in [1.54, 1.807) is 12.1 Å². The molecule has 1 aromatic rings. The Morgan fingerprint density at radius 2 is 2.37 bits per heavy atom. The number of rotatable bonds is 4. The van der Waals surface area contributed by atoms with Crippen LogP contribution in [0.3, 0.4) is 0 Å². The molecule has 1 aromatic heterocycles. The highest BCUT2D eigenvalue weighted by Gasteiger charge is 2.31. The molecule has 1 aliphatic heterocycles. The normalized spacial score (nSPS) is 21.3. The molecule has 106 valence electrons. The van der Waals surface area contributed by atoms with E-state index in [2.05, 4.69) is 10.3 Å². The van der Waals surface area contributed by atoms with Crippen molar-refractivity contribution in [3.8, 4) is 0 Å². The lowest BCUT2D eigenvalue weighted by Crippen LogP contribution is -2.44. The first kappa shape index (κ1) is 14.2. The Labute approximate surface area is 113 Å². The summed E-state index contributed by atoms with van der Waals surface area (Å²) in [5, 5.41) is 3.12. The van der Waals surface area contributed by atoms with Crippen molar-refractivity contribution in [1.29, 1.82) is 0 Å². The average molecular weight is 285 g/mol. The number of sulfonamides is 1. The molecule has 0 bridgehead atoms. The molecule has 1 fully saturated rings. The first-order chi connectivity index (χ1) is 9.05. The van der Waals surface area contributed by atoms with Crippen molar-refractivity contribution in [2.45, 2.75) is 25.0 Å². The third-order valence-electron chi connectivity index (χ3n) is 2.93. The summed E-state index contributed by atoms with van der Waals surface area (Å²) in [4.78, 5) is 4.04. The first-order valence-electron chi connectivity index (χ1n) is 6.36. The van der Waals surface area contributed by atoms with Gasteiger partial charge < -0.3 is 10.1 Å². The average Bonchev–Trinajstić information content (AvgIpc) is 2.39. The third-order valence-corrected chi connectivity index (χ3v) is 4.75. The summed E-state index contributed by atoms with van der Waals surface area (Å²) in [6.45, 7) is 5.59. The lowest BCUT2D eigenvalue weighted by Gasteiger charge is -2.30. The van der Waals surface area contributed by atoms with E-state index in [1.807, 2.05) is 13.8 Å². The van der Waals surface area contributed by atoms with Crippen molar-refractivity contribution in [2.24, 2.45) is 0 Å². The maximum Gasteiger partial charge on any atom is 0.262 e. The van der Waals surface area contributed by atoms with E-state index in [-0.39, 0.29) is 11.1 Å². The smallest absolute Gasteiger partial charge is 0.262 e. The lowest BCUT2D eigenvalue weighted by atomic mass is 10.3. The highest BCUT2D eigenvalue weighted by Crippen LogP contribution is 2.23. The molecule has 0 radical (unpaired) electrons. The van der Waals surface area contributed by atoms with E-state index >= 15 is 0 Å². The van der Waals surface area contributed by atoms with E-state index < -0.39 is 10.0 Å². The highest BCUT2D eigenvalue weighted by atomic mass is 32.2. The van der Waals surface area contributed by atoms with Gasteiger partial charge in [-0.1, -0.05) is 0 Å². The Balaban J connectivity index is 2.33. The maximum absolute atomic E-state index is 12.6. The van der Waals surface area contributed by atoms with Crippen LogP contribution in [0.15, 0.2) is 23.4 Å². The fourth-order valence-corrected chi connectivity index (χ4v) is 3.63. The van der Waals surface area contributed by atoms with Gasteiger partial charge in [0.25, 0.3) is 10.0 Å². The molecule has 0 aromatic carbocycles. The Hall–Kier alpha value is -1.18. The minimum Gasteiger partial charge on any atom is -0.383 e. The van der Waals surface area contributed by atoms with Crippen LogP contribution in [-0.2, 0) is 14.8 Å². The summed E-state index contributed by atoms with van der Waals surface area (Å²) < 4.78 is 32.0. The molecule has 19 heavy (non-hydrogen) atoms. The highest BCUT2D eigenvalue weighted by molar-refractivity contribution is 7.89. The molecule has 2 rings (SSSR count). The Kier molecular flexibility index (Phi) is 4.38. The predicted octanol–water partition coefficient (Wildman–Crippen LogP) is 0.923. The van der Waals surface area contributed by atoms with Gasteiger partial charge >= 0.3 is 0 Å². The van der Waals surface area contributed by atoms with Gasteiger partial charge in [-0.25, -0.2) is 13.4 Å². The van der Waals surface area contributed by atoms with Gasteiger partial charge in [0.15, 0.2) is 5.03 Å². The number of morpholine rings is 1. The molecule has 0 amide bonds. The van der Waals surface area contributed by atoms with Gasteiger partial charge in [0, 0.05) is 25.8 Å². The molecule has 0 saturated carbocycles. The van der Waals surface area contributed by atoms with Crippen molar-refractivity contribution >= 4 is 15.7 Å². The van der Waals surface area contributed by atoms with Crippen molar-refractivity contribution in [3.05, 3.63) is 18.3 Å². The van der Waals surface area contributed by atoms with Gasteiger partial charge in [0.2, 0.25) is 0 Å². The number of nitrogens with zero attached hydrogens (tertiary/aromatic N) is 2. The molecule has 1 unspecified atom stereocenters. The Morgan fingerprint density at radius 3 is 3.05 bits per heavy atom. The van der Waals surface area contributed by atoms with E-state index in [0.717, 1.165) is 0 Å². The molecule has 1 aliphatic rings. The quantitative estimate of drug-likeness (QED) is 0.891. The topological polar surface area (TPSA) is 71.5 Å². The Morgan fingerprint density at radius 1 is 1.58 bits per heavy atom. The Bertz CT molecular complexity index is 533. The van der Waals surface area contributed by atoms with Crippen molar-refractivity contribution in [1.82, 2.24) is 9.29 Å². The number of hydrogen-bond acceptors (Lipinski definition) is 5. The lowest BCUT2D eigenvalue weighted by molar-refractivity contribution is 0.0101. The van der Waals surface area contributed by atoms with Gasteiger partial charge in [-0.15, -0.1) is 0 Å². The molecule has 7 heteroatoms. The summed E-state index contributed by atoms with van der Waals surface area (Å²) in [6.07, 6.45) is 1.41. The molecule has 2 heterocycles. The summed E-state index contributed by atoms with van der Waals surface area (Å²) in [5.74, 6) is 0. The fourth-order valence-electron chi connectivity index (χ4n) is 2.05. The van der Waals surface area contributed by atoms with Crippen LogP contribution in [0, 0.1) is 0 Å². The maximum atomic E-state index is 12.6. The van der Waals surface area contributed by atoms with Crippen LogP contribution in [-0.4, -0.2) is 50.1 Å². The van der Waals surface area contributed by atoms with Gasteiger partial charge in [0.1, 0.15) is 0 Å². The van der Waals surface area contributed by atoms with Crippen molar-refractivity contribution < 1.29 is 13.2 Å². The number of hydrogen-bond donors (Lipinski definition) is 1. The number of anilines is 1. The van der Waals surface area contributed by atoms with Gasteiger partial charge in [-0.05, 0) is 26.0 Å². The summed E-state index contributed by atoms with van der Waals surface area (Å²) in [6, 6.07) is 3.45. The van der Waals surface area contributed by atoms with Gasteiger partial charge in [-0.2, -0.15) is 4.31 Å². The van der Waals surface area contributed by atoms with E-state index in [4.69, 9.17) is 4.74 Å². The summed E-state index contributed by atoms with van der Waals surface area (Å²) in [7, 11) is -3.57. The molecular formula is C12H19N3O3S. The molecule has 0 spiro atoms. The zero-order chi connectivity index (χ0) is 13.9. The molecule has 1 atom stereocenters. The summed E-state index contributed by atoms with van der Waals surface area (Å²) >= 11 is 0. The number of ether oxygens (including phenoxy) is 1. The van der Waals surface area contributed by atoms with Crippen LogP contribution in [0.2, 0.25) is 0 Å². The van der Waals surface area contributed by atoms with E-state index in [9.17, 15) is 8.42 Å². The van der Waals surface area contributed by atoms with Crippen LogP contribution in [0.4, 0.5) is 5.69 Å². The third kappa shape index (κ3) is 3.05. The number of nitrogens with one attached hydrogen (secondary N) is 1. The molecule has 6 nitrogen and oxygen atoms in total. The second kappa shape index (κ2) is 5.85. The predicted molar refractivity (Wildman–Crippen MR) is 72.6 cm³/mol. The van der Waals surface area contributed by atoms with Crippen LogP contribution < -0.4 is 5.32 Å². The van der Waals surface area contributed by atoms with Crippen LogP contribution >= 0.6 is 0 Å². The molecule has 1 saturated heterocycles. The van der Waals surface area contributed by atoms with Crippen molar-refractivity contribution in [2.75, 3.05) is 31.6 Å². The molecule has 0 aliphatic carbocycles. The minimum atomic E-state index is -3.57. The van der Waals surface area contributed by atoms with Gasteiger partial charge in [-0.3, -0.25) is 0 Å². The first-order valence-corrected chi connectivity index (χ1v) is 7.80. The second-order valence-corrected chi connectivity index (χ2v) is 6.28. The fraction of sp³-hybridized carbons (Fsp3) is 0.583. The van der Waals surface area contributed by atoms with Crippen molar-refractivity contribution in [3.63, 3.8) is 0 Å². The SMILES string of the molecule is CCNc1cccnc1S(=O)(=O)N1CCOC(C)C1. The zero-order valence-corrected chi connectivity index (χ0v) is 12.0. The standard InChI is InChI=1S/C12H19N3O3S/c1-3-13-11-5-4-6-14-12(11)19(16,17)15-7-8-18-10(2)9-15/h4-6,10,13H,3,7-9H2,1-2H3. The largest absolute Gasteiger partial charge is 0.383 e. The zero-order valence-electron chi connectivity index (χ0n) is 11.2. The molecular weight excluding hydrogens is 266 g/mol. The van der Waals surface area contributed by atoms with Gasteiger partial charge in [0.05, 0.1) is 18.4 Å². The number of aromatic nitrogens is 1. The van der Waals surface area contributed by atoms with E-state index in [1.165, 1.54) is 10.5 Å². The second-order valence-electron chi connectivity index (χ2n) is 4.43. The monoisotopic (exact) mass is 285 g/mol. The molecule has 1 N–H and O–H groups in total. The van der Waals surface area contributed by atoms with E-state index in [0.29, 0.717) is 31.9 Å². The van der Waals surface area contributed by atoms with Crippen LogP contribution in [0.1, 0.15) is 13.8 Å². The minimum absolute atomic E-state index is 0.0881. The van der Waals surface area contributed by atoms with Crippen LogP contribution in [0.5, 0.6) is 0 Å². The number of pyridine rings is 1. The van der Waals surface area contributed by atoms with Crippen LogP contribution in [0.25, 0.3) is 0 Å².